The van der Waals surface area contributed by atoms with E-state index in [0.29, 0.717) is 5.56 Å². The van der Waals surface area contributed by atoms with Gasteiger partial charge in [-0.25, -0.2) is 0 Å². The number of halogens is 5. The molecule has 0 aromatic heterocycles. The average molecular weight is 739 g/mol. The van der Waals surface area contributed by atoms with E-state index in [1.54, 1.807) is 6.07 Å². The number of hydrogen-bond acceptors (Lipinski definition) is 0. The molecular formula is C40H39Cl2F3Zr. The Labute approximate surface area is 291 Å². The molecule has 0 spiro atoms. The van der Waals surface area contributed by atoms with Crippen LogP contribution in [0, 0.1) is 0 Å². The molecule has 0 heterocycles. The van der Waals surface area contributed by atoms with Gasteiger partial charge in [-0.2, -0.15) is 0 Å². The van der Waals surface area contributed by atoms with Crippen molar-refractivity contribution in [3.63, 3.8) is 0 Å². The number of allylic oxidation sites excluding steroid dienone is 4. The van der Waals surface area contributed by atoms with Gasteiger partial charge in [-0.3, -0.25) is 0 Å². The van der Waals surface area contributed by atoms with Gasteiger partial charge in [0.25, 0.3) is 0 Å². The second-order valence-corrected chi connectivity index (χ2v) is 20.0. The summed E-state index contributed by atoms with van der Waals surface area (Å²) in [5, 5.41) is 0. The summed E-state index contributed by atoms with van der Waals surface area (Å²) < 4.78 is 46.3. The summed E-state index contributed by atoms with van der Waals surface area (Å²) in [6.07, 6.45) is 3.88. The van der Waals surface area contributed by atoms with E-state index in [9.17, 15) is 13.2 Å². The first-order chi connectivity index (χ1) is 20.7. The Hall–Kier alpha value is -2.52. The predicted octanol–water partition coefficient (Wildman–Crippen LogP) is 4.24. The van der Waals surface area contributed by atoms with Gasteiger partial charge >= 0.3 is 269 Å². The Morgan fingerprint density at radius 3 is 1.96 bits per heavy atom. The van der Waals surface area contributed by atoms with Crippen LogP contribution in [0.5, 0.6) is 0 Å². The maximum atomic E-state index is 14.1. The fourth-order valence-corrected chi connectivity index (χ4v) is 15.6. The van der Waals surface area contributed by atoms with Gasteiger partial charge in [-0.1, -0.05) is 0 Å². The third kappa shape index (κ3) is 7.01. The molecule has 0 amide bonds. The number of hydrogen-bond donors (Lipinski definition) is 0. The summed E-state index contributed by atoms with van der Waals surface area (Å²) in [7, 11) is 0. The van der Waals surface area contributed by atoms with Gasteiger partial charge in [-0.15, -0.1) is 0 Å². The van der Waals surface area contributed by atoms with Crippen LogP contribution in [-0.2, 0) is 44.7 Å². The summed E-state index contributed by atoms with van der Waals surface area (Å²) in [5.41, 5.74) is 8.97. The molecule has 0 saturated heterocycles. The zero-order valence-corrected chi connectivity index (χ0v) is 31.1. The van der Waals surface area contributed by atoms with Crippen molar-refractivity contribution in [3.8, 4) is 11.1 Å². The van der Waals surface area contributed by atoms with Gasteiger partial charge in [0.15, 0.2) is 0 Å². The third-order valence-electron chi connectivity index (χ3n) is 8.88. The first kappa shape index (κ1) is 36.3. The van der Waals surface area contributed by atoms with Crippen LogP contribution in [0.15, 0.2) is 106 Å². The van der Waals surface area contributed by atoms with Crippen LogP contribution in [0.1, 0.15) is 86.9 Å². The molecule has 0 N–H and O–H groups in total. The normalized spacial score (nSPS) is 14.1. The molecule has 6 rings (SSSR count). The third-order valence-corrected chi connectivity index (χ3v) is 16.7. The van der Waals surface area contributed by atoms with E-state index >= 15 is 0 Å². The molecule has 0 aliphatic heterocycles. The Bertz CT molecular complexity index is 1850. The Balaban J connectivity index is 0.00000240. The van der Waals surface area contributed by atoms with Crippen molar-refractivity contribution >= 4 is 6.48 Å². The molecule has 4 aromatic carbocycles. The molecule has 0 fully saturated rings. The van der Waals surface area contributed by atoms with Crippen molar-refractivity contribution in [3.05, 3.63) is 145 Å². The molecule has 0 unspecified atom stereocenters. The van der Waals surface area contributed by atoms with Crippen molar-refractivity contribution < 1.29 is 59.3 Å². The summed E-state index contributed by atoms with van der Waals surface area (Å²) in [4.78, 5) is 0. The van der Waals surface area contributed by atoms with E-state index in [1.165, 1.54) is 52.1 Å². The predicted molar refractivity (Wildman–Crippen MR) is 175 cm³/mol. The van der Waals surface area contributed by atoms with Gasteiger partial charge in [0, 0.05) is 0 Å². The van der Waals surface area contributed by atoms with Crippen molar-refractivity contribution in [2.24, 2.45) is 0 Å². The Morgan fingerprint density at radius 2 is 1.35 bits per heavy atom. The molecular weight excluding hydrogens is 700 g/mol. The molecule has 46 heavy (non-hydrogen) atoms. The molecule has 238 valence electrons. The molecule has 2 aliphatic rings. The monoisotopic (exact) mass is 736 g/mol. The molecule has 0 nitrogen and oxygen atoms in total. The van der Waals surface area contributed by atoms with Gasteiger partial charge in [0.1, 0.15) is 0 Å². The number of rotatable bonds is 4. The van der Waals surface area contributed by atoms with Crippen LogP contribution in [0.4, 0.5) is 13.2 Å². The van der Waals surface area contributed by atoms with Gasteiger partial charge in [-0.05, 0) is 0 Å². The second kappa shape index (κ2) is 13.5. The van der Waals surface area contributed by atoms with Crippen LogP contribution >= 0.6 is 0 Å². The van der Waals surface area contributed by atoms with Crippen molar-refractivity contribution in [1.29, 1.82) is 0 Å². The van der Waals surface area contributed by atoms with Crippen molar-refractivity contribution in [2.45, 2.75) is 71.4 Å². The largest absolute Gasteiger partial charge is 1.00 e. The second-order valence-electron chi connectivity index (χ2n) is 14.1. The zero-order valence-electron chi connectivity index (χ0n) is 27.1. The smallest absolute Gasteiger partial charge is 1.00 e. The number of alkyl halides is 3. The molecule has 6 heteroatoms. The van der Waals surface area contributed by atoms with E-state index in [-0.39, 0.29) is 35.6 Å². The van der Waals surface area contributed by atoms with Gasteiger partial charge in [0.05, 0.1) is 0 Å². The molecule has 0 radical (unpaired) electrons. The first-order valence-corrected chi connectivity index (χ1v) is 19.1. The molecule has 2 aliphatic carbocycles. The fourth-order valence-electron chi connectivity index (χ4n) is 6.64. The topological polar surface area (TPSA) is 0 Å². The van der Waals surface area contributed by atoms with E-state index in [0.717, 1.165) is 21.6 Å². The van der Waals surface area contributed by atoms with Gasteiger partial charge < -0.3 is 24.8 Å². The summed E-state index contributed by atoms with van der Waals surface area (Å²) in [5.74, 6) is 0. The van der Waals surface area contributed by atoms with Crippen molar-refractivity contribution in [2.75, 3.05) is 0 Å². The quantitative estimate of drug-likeness (QED) is 0.259. The molecule has 0 atom stereocenters. The fraction of sp³-hybridized carbons (Fsp3) is 0.275. The van der Waals surface area contributed by atoms with Crippen LogP contribution < -0.4 is 28.1 Å². The maximum absolute atomic E-state index is 14.1. The molecule has 0 bridgehead atoms. The average Bonchev–Trinajstić information content (AvgIpc) is 3.62. The number of fused-ring (bicyclic) bond motifs is 3. The number of benzene rings is 4. The van der Waals surface area contributed by atoms with E-state index in [1.807, 2.05) is 24.3 Å². The minimum absolute atomic E-state index is 0. The van der Waals surface area contributed by atoms with Crippen molar-refractivity contribution in [1.82, 2.24) is 0 Å². The standard InChI is InChI=1S/C21H25.C14H9F3.C5H5.2ClH.Zr/c1-20(2,3)16-7-9-18-14(12-16)11-15-13-17(21(4,5)6)8-10-19(15)18;15-14(16,17)13-8-4-7-12(10-13)9-11-5-2-1-3-6-11;1-2-4-5-3-1;;;/h7-10,12H,11H2,1-6H3;1-8,10H;1-3H,4H2;2*1H;/q;;;;;+2/p-2. The molecule has 4 aromatic rings. The minimum Gasteiger partial charge on any atom is -1.00 e. The minimum atomic E-state index is -4.41. The van der Waals surface area contributed by atoms with Crippen LogP contribution in [0.2, 0.25) is 0 Å². The Kier molecular flexibility index (Phi) is 10.7. The molecule has 0 saturated carbocycles. The SMILES string of the molecule is CC(C)(C)c1ccc2c(c1)Cc1c-2ccc(C(C)(C)C)[c]1/[Zr+2]([C]1=CC=CC1)=[C](/c1ccccc1)c1cccc(C(F)(F)F)c1.[Cl-].[Cl-]. The van der Waals surface area contributed by atoms with Crippen LogP contribution in [-0.4, -0.2) is 3.21 Å². The summed E-state index contributed by atoms with van der Waals surface area (Å²) >= 11 is -3.16. The van der Waals surface area contributed by atoms with Crippen LogP contribution in [0.3, 0.4) is 0 Å². The Morgan fingerprint density at radius 1 is 0.674 bits per heavy atom. The first-order valence-electron chi connectivity index (χ1n) is 15.4. The maximum Gasteiger partial charge on any atom is -1.00 e. The van der Waals surface area contributed by atoms with E-state index < -0.39 is 33.0 Å². The van der Waals surface area contributed by atoms with Crippen LogP contribution in [0.25, 0.3) is 11.1 Å². The summed E-state index contributed by atoms with van der Waals surface area (Å²) in [6, 6.07) is 27.8. The summed E-state index contributed by atoms with van der Waals surface area (Å²) in [6.45, 7) is 13.6. The van der Waals surface area contributed by atoms with E-state index in [4.69, 9.17) is 0 Å². The zero-order chi connectivity index (χ0) is 31.4. The van der Waals surface area contributed by atoms with E-state index in [2.05, 4.69) is 102 Å². The van der Waals surface area contributed by atoms with Gasteiger partial charge in [0.2, 0.25) is 0 Å².